The molecule has 1 aliphatic heterocycles. The molecule has 1 unspecified atom stereocenters. The van der Waals surface area contributed by atoms with E-state index in [0.29, 0.717) is 0 Å². The number of hydrogen-bond donors (Lipinski definition) is 1. The van der Waals surface area contributed by atoms with Gasteiger partial charge in [0.2, 0.25) is 0 Å². The number of likely N-dealkylation sites (N-methyl/N-ethyl adjacent to an activating group) is 1. The van der Waals surface area contributed by atoms with E-state index in [9.17, 15) is 0 Å². The maximum absolute atomic E-state index is 5.98. The van der Waals surface area contributed by atoms with Crippen LogP contribution in [0, 0.1) is 0 Å². The quantitative estimate of drug-likeness (QED) is 0.772. The summed E-state index contributed by atoms with van der Waals surface area (Å²) < 4.78 is 5.52. The van der Waals surface area contributed by atoms with Gasteiger partial charge in [0.15, 0.2) is 0 Å². The van der Waals surface area contributed by atoms with Crippen LogP contribution in [0.25, 0.3) is 0 Å². The largest absolute Gasteiger partial charge is 0.381 e. The lowest BCUT2D eigenvalue weighted by molar-refractivity contribution is 0.0940. The maximum Gasteiger partial charge on any atom is 0.0484 e. The predicted octanol–water partition coefficient (Wildman–Crippen LogP) is 1.18. The maximum atomic E-state index is 5.98. The van der Waals surface area contributed by atoms with E-state index in [1.54, 1.807) is 0 Å². The van der Waals surface area contributed by atoms with Gasteiger partial charge in [-0.2, -0.15) is 11.8 Å². The zero-order valence-corrected chi connectivity index (χ0v) is 10.8. The summed E-state index contributed by atoms with van der Waals surface area (Å²) in [5, 5.41) is 0. The Morgan fingerprint density at radius 1 is 1.40 bits per heavy atom. The van der Waals surface area contributed by atoms with Crippen molar-refractivity contribution in [1.29, 1.82) is 0 Å². The van der Waals surface area contributed by atoms with Gasteiger partial charge in [0, 0.05) is 37.6 Å². The number of rotatable bonds is 5. The fourth-order valence-corrected chi connectivity index (χ4v) is 2.66. The van der Waals surface area contributed by atoms with Crippen LogP contribution >= 0.6 is 11.8 Å². The lowest BCUT2D eigenvalue weighted by Gasteiger charge is -2.40. The normalized spacial score (nSPS) is 28.0. The highest BCUT2D eigenvalue weighted by molar-refractivity contribution is 7.98. The molecule has 15 heavy (non-hydrogen) atoms. The Hall–Kier alpha value is 0.230. The molecule has 0 aromatic heterocycles. The highest BCUT2D eigenvalue weighted by Gasteiger charge is 2.33. The van der Waals surface area contributed by atoms with Crippen LogP contribution in [0.4, 0.5) is 0 Å². The molecule has 1 atom stereocenters. The van der Waals surface area contributed by atoms with Crippen molar-refractivity contribution in [3.8, 4) is 0 Å². The Morgan fingerprint density at radius 2 is 2.20 bits per heavy atom. The van der Waals surface area contributed by atoms with E-state index in [-0.39, 0.29) is 5.54 Å². The second-order valence-electron chi connectivity index (χ2n) is 4.31. The Labute approximate surface area is 97.7 Å². The third kappa shape index (κ3) is 3.63. The van der Waals surface area contributed by atoms with Crippen molar-refractivity contribution in [3.05, 3.63) is 0 Å². The van der Waals surface area contributed by atoms with Crippen molar-refractivity contribution >= 4 is 11.8 Å². The minimum Gasteiger partial charge on any atom is -0.381 e. The highest BCUT2D eigenvalue weighted by Crippen LogP contribution is 2.26. The molecule has 0 radical (unpaired) electrons. The van der Waals surface area contributed by atoms with Crippen molar-refractivity contribution < 1.29 is 4.74 Å². The van der Waals surface area contributed by atoms with E-state index in [1.165, 1.54) is 12.2 Å². The Balaban J connectivity index is 2.55. The monoisotopic (exact) mass is 232 g/mol. The standard InChI is InChI=1S/C11H24N2OS/c1-13(6-9-15-2)11(10-12)4-3-7-14-8-5-11/h3-10,12H2,1-2H3. The van der Waals surface area contributed by atoms with Crippen molar-refractivity contribution in [3.63, 3.8) is 0 Å². The molecule has 0 bridgehead atoms. The molecule has 0 saturated carbocycles. The SMILES string of the molecule is CSCCN(C)C1(CN)CCCOCC1. The van der Waals surface area contributed by atoms with E-state index in [1.807, 2.05) is 11.8 Å². The van der Waals surface area contributed by atoms with Crippen molar-refractivity contribution in [1.82, 2.24) is 4.90 Å². The summed E-state index contributed by atoms with van der Waals surface area (Å²) in [7, 11) is 2.20. The Bertz CT molecular complexity index is 170. The number of thioether (sulfide) groups is 1. The number of hydrogen-bond acceptors (Lipinski definition) is 4. The molecule has 1 fully saturated rings. The molecular weight excluding hydrogens is 208 g/mol. The number of nitrogens with zero attached hydrogens (tertiary/aromatic N) is 1. The molecule has 2 N–H and O–H groups in total. The minimum atomic E-state index is 0.187. The van der Waals surface area contributed by atoms with Crippen LogP contribution in [0.1, 0.15) is 19.3 Å². The van der Waals surface area contributed by atoms with E-state index >= 15 is 0 Å². The van der Waals surface area contributed by atoms with Crippen LogP contribution in [0.3, 0.4) is 0 Å². The molecule has 4 heteroatoms. The van der Waals surface area contributed by atoms with Crippen LogP contribution in [-0.4, -0.2) is 55.8 Å². The minimum absolute atomic E-state index is 0.187. The van der Waals surface area contributed by atoms with Gasteiger partial charge in [-0.15, -0.1) is 0 Å². The first-order valence-corrected chi connectivity index (χ1v) is 7.12. The smallest absolute Gasteiger partial charge is 0.0484 e. The summed E-state index contributed by atoms with van der Waals surface area (Å²) in [4.78, 5) is 2.44. The van der Waals surface area contributed by atoms with E-state index in [0.717, 1.165) is 39.1 Å². The summed E-state index contributed by atoms with van der Waals surface area (Å²) in [6.45, 7) is 3.64. The molecule has 1 aliphatic rings. The number of ether oxygens (including phenoxy) is 1. The van der Waals surface area contributed by atoms with E-state index < -0.39 is 0 Å². The molecule has 90 valence electrons. The van der Waals surface area contributed by atoms with Crippen LogP contribution in [0.2, 0.25) is 0 Å². The first kappa shape index (κ1) is 13.3. The zero-order chi connectivity index (χ0) is 11.1. The number of nitrogens with two attached hydrogens (primary N) is 1. The molecule has 1 heterocycles. The summed E-state index contributed by atoms with van der Waals surface area (Å²) in [6.07, 6.45) is 5.54. The fraction of sp³-hybridized carbons (Fsp3) is 1.00. The summed E-state index contributed by atoms with van der Waals surface area (Å²) in [5.41, 5.74) is 6.16. The molecule has 0 aromatic rings. The molecule has 0 aliphatic carbocycles. The Kier molecular flexibility index (Phi) is 5.97. The van der Waals surface area contributed by atoms with E-state index in [2.05, 4.69) is 18.2 Å². The highest BCUT2D eigenvalue weighted by atomic mass is 32.2. The van der Waals surface area contributed by atoms with Crippen LogP contribution < -0.4 is 5.73 Å². The van der Waals surface area contributed by atoms with Crippen LogP contribution in [-0.2, 0) is 4.74 Å². The second-order valence-corrected chi connectivity index (χ2v) is 5.29. The van der Waals surface area contributed by atoms with Gasteiger partial charge in [0.25, 0.3) is 0 Å². The molecule has 1 saturated heterocycles. The predicted molar refractivity (Wildman–Crippen MR) is 67.5 cm³/mol. The van der Waals surface area contributed by atoms with Gasteiger partial charge in [-0.3, -0.25) is 4.90 Å². The first-order valence-electron chi connectivity index (χ1n) is 5.73. The van der Waals surface area contributed by atoms with Crippen molar-refractivity contribution in [2.45, 2.75) is 24.8 Å². The average Bonchev–Trinajstić information content (AvgIpc) is 2.52. The van der Waals surface area contributed by atoms with Crippen molar-refractivity contribution in [2.75, 3.05) is 45.4 Å². The van der Waals surface area contributed by atoms with Gasteiger partial charge in [0.1, 0.15) is 0 Å². The van der Waals surface area contributed by atoms with Gasteiger partial charge in [-0.05, 0) is 32.6 Å². The second kappa shape index (κ2) is 6.74. The topological polar surface area (TPSA) is 38.5 Å². The molecule has 0 aromatic carbocycles. The lowest BCUT2D eigenvalue weighted by Crippen LogP contribution is -2.53. The van der Waals surface area contributed by atoms with Crippen LogP contribution in [0.15, 0.2) is 0 Å². The molecule has 0 amide bonds. The molecule has 0 spiro atoms. The summed E-state index contributed by atoms with van der Waals surface area (Å²) in [5.74, 6) is 1.18. The molecular formula is C11H24N2OS. The zero-order valence-electron chi connectivity index (χ0n) is 10.00. The van der Waals surface area contributed by atoms with Crippen molar-refractivity contribution in [2.24, 2.45) is 5.73 Å². The van der Waals surface area contributed by atoms with Gasteiger partial charge in [-0.25, -0.2) is 0 Å². The van der Waals surface area contributed by atoms with Gasteiger partial charge < -0.3 is 10.5 Å². The van der Waals surface area contributed by atoms with Gasteiger partial charge in [0.05, 0.1) is 0 Å². The summed E-state index contributed by atoms with van der Waals surface area (Å²) in [6, 6.07) is 0. The third-order valence-electron chi connectivity index (χ3n) is 3.46. The van der Waals surface area contributed by atoms with Gasteiger partial charge >= 0.3 is 0 Å². The Morgan fingerprint density at radius 3 is 2.87 bits per heavy atom. The summed E-state index contributed by atoms with van der Waals surface area (Å²) >= 11 is 1.89. The van der Waals surface area contributed by atoms with Crippen LogP contribution in [0.5, 0.6) is 0 Å². The lowest BCUT2D eigenvalue weighted by atomic mass is 9.89. The van der Waals surface area contributed by atoms with Gasteiger partial charge in [-0.1, -0.05) is 0 Å². The van der Waals surface area contributed by atoms with E-state index in [4.69, 9.17) is 10.5 Å². The fourth-order valence-electron chi connectivity index (χ4n) is 2.20. The first-order chi connectivity index (χ1) is 7.25. The average molecular weight is 232 g/mol. The third-order valence-corrected chi connectivity index (χ3v) is 4.05. The molecule has 3 nitrogen and oxygen atoms in total. The molecule has 1 rings (SSSR count).